The molecule has 3 heteroatoms. The molecule has 1 N–H and O–H groups in total. The molecule has 0 saturated heterocycles. The molecule has 0 radical (unpaired) electrons. The van der Waals surface area contributed by atoms with E-state index < -0.39 is 0 Å². The maximum Gasteiger partial charge on any atom is 0.129 e. The minimum absolute atomic E-state index is 0.468. The number of hydrogen-bond acceptors (Lipinski definition) is 3. The highest BCUT2D eigenvalue weighted by atomic mass is 15.0. The molecule has 1 heterocycles. The summed E-state index contributed by atoms with van der Waals surface area (Å²) in [6, 6.07) is 2.06. The van der Waals surface area contributed by atoms with Gasteiger partial charge in [0.15, 0.2) is 0 Å². The molecule has 0 aliphatic heterocycles. The first-order valence-electron chi connectivity index (χ1n) is 6.31. The lowest BCUT2D eigenvalue weighted by Crippen LogP contribution is -2.16. The second-order valence-corrected chi connectivity index (χ2v) is 5.00. The molecular formula is C13H21N3. The van der Waals surface area contributed by atoms with Gasteiger partial charge in [-0.15, -0.1) is 0 Å². The highest BCUT2D eigenvalue weighted by Gasteiger charge is 2.16. The summed E-state index contributed by atoms with van der Waals surface area (Å²) in [5.74, 6) is 2.40. The Balaban J connectivity index is 1.81. The average Bonchev–Trinajstić information content (AvgIpc) is 2.22. The van der Waals surface area contributed by atoms with Gasteiger partial charge < -0.3 is 5.32 Å². The fourth-order valence-electron chi connectivity index (χ4n) is 1.97. The summed E-state index contributed by atoms with van der Waals surface area (Å²) in [6.45, 7) is 5.35. The quantitative estimate of drug-likeness (QED) is 0.826. The van der Waals surface area contributed by atoms with Crippen LogP contribution in [-0.4, -0.2) is 16.5 Å². The molecule has 1 fully saturated rings. The van der Waals surface area contributed by atoms with Crippen molar-refractivity contribution in [2.75, 3.05) is 11.9 Å². The van der Waals surface area contributed by atoms with Crippen molar-refractivity contribution in [2.45, 2.75) is 45.4 Å². The van der Waals surface area contributed by atoms with Crippen molar-refractivity contribution in [3.8, 4) is 0 Å². The van der Waals surface area contributed by atoms with Crippen molar-refractivity contribution in [3.05, 3.63) is 18.1 Å². The van der Waals surface area contributed by atoms with E-state index in [-0.39, 0.29) is 0 Å². The van der Waals surface area contributed by atoms with Crippen LogP contribution in [0.3, 0.4) is 0 Å². The van der Waals surface area contributed by atoms with Gasteiger partial charge in [0.05, 0.1) is 0 Å². The van der Waals surface area contributed by atoms with Crippen molar-refractivity contribution in [1.29, 1.82) is 0 Å². The largest absolute Gasteiger partial charge is 0.370 e. The molecule has 0 unspecified atom stereocenters. The number of anilines is 1. The summed E-state index contributed by atoms with van der Waals surface area (Å²) in [7, 11) is 0. The van der Waals surface area contributed by atoms with Gasteiger partial charge in [-0.1, -0.05) is 33.1 Å². The van der Waals surface area contributed by atoms with E-state index in [0.29, 0.717) is 5.92 Å². The number of nitrogens with one attached hydrogen (secondary N) is 1. The Morgan fingerprint density at radius 1 is 1.38 bits per heavy atom. The van der Waals surface area contributed by atoms with Crippen LogP contribution < -0.4 is 5.32 Å². The Morgan fingerprint density at radius 2 is 2.19 bits per heavy atom. The van der Waals surface area contributed by atoms with Crippen LogP contribution in [0, 0.1) is 5.92 Å². The Bertz CT molecular complexity index is 332. The van der Waals surface area contributed by atoms with Crippen molar-refractivity contribution >= 4 is 5.82 Å². The molecule has 0 atom stereocenters. The lowest BCUT2D eigenvalue weighted by atomic mass is 9.83. The normalized spacial score (nSPS) is 16.2. The van der Waals surface area contributed by atoms with Crippen molar-refractivity contribution in [1.82, 2.24) is 9.97 Å². The van der Waals surface area contributed by atoms with Crippen LogP contribution in [0.5, 0.6) is 0 Å². The summed E-state index contributed by atoms with van der Waals surface area (Å²) in [5, 5.41) is 3.39. The van der Waals surface area contributed by atoms with Gasteiger partial charge in [0.25, 0.3) is 0 Å². The molecule has 1 aliphatic rings. The summed E-state index contributed by atoms with van der Waals surface area (Å²) in [4.78, 5) is 8.50. The number of hydrogen-bond donors (Lipinski definition) is 1. The third-order valence-corrected chi connectivity index (χ3v) is 3.36. The molecule has 0 aromatic carbocycles. The Labute approximate surface area is 97.7 Å². The fourth-order valence-corrected chi connectivity index (χ4v) is 1.97. The van der Waals surface area contributed by atoms with Crippen LogP contribution in [0.4, 0.5) is 5.82 Å². The zero-order valence-corrected chi connectivity index (χ0v) is 10.2. The molecule has 1 aromatic rings. The molecule has 0 bridgehead atoms. The van der Waals surface area contributed by atoms with E-state index in [1.807, 2.05) is 0 Å². The van der Waals surface area contributed by atoms with E-state index in [0.717, 1.165) is 24.0 Å². The zero-order chi connectivity index (χ0) is 11.4. The Kier molecular flexibility index (Phi) is 3.75. The van der Waals surface area contributed by atoms with Crippen molar-refractivity contribution in [2.24, 2.45) is 5.92 Å². The predicted octanol–water partition coefficient (Wildman–Crippen LogP) is 3.20. The molecule has 16 heavy (non-hydrogen) atoms. The second kappa shape index (κ2) is 5.28. The highest BCUT2D eigenvalue weighted by Crippen LogP contribution is 2.29. The number of aromatic nitrogens is 2. The molecule has 2 rings (SSSR count). The van der Waals surface area contributed by atoms with Gasteiger partial charge in [-0.05, 0) is 18.3 Å². The predicted molar refractivity (Wildman–Crippen MR) is 66.6 cm³/mol. The molecule has 1 saturated carbocycles. The standard InChI is InChI=1S/C13H21N3/c1-10(2)12-8-13(16-9-15-12)14-7-6-11-4-3-5-11/h8-11H,3-7H2,1-2H3,(H,14,15,16). The third kappa shape index (κ3) is 2.94. The number of nitrogens with zero attached hydrogens (tertiary/aromatic N) is 2. The summed E-state index contributed by atoms with van der Waals surface area (Å²) in [5.41, 5.74) is 1.11. The zero-order valence-electron chi connectivity index (χ0n) is 10.2. The first kappa shape index (κ1) is 11.4. The van der Waals surface area contributed by atoms with Gasteiger partial charge in [-0.3, -0.25) is 0 Å². The van der Waals surface area contributed by atoms with E-state index in [2.05, 4.69) is 35.2 Å². The van der Waals surface area contributed by atoms with Crippen molar-refractivity contribution < 1.29 is 0 Å². The lowest BCUT2D eigenvalue weighted by Gasteiger charge is -2.25. The monoisotopic (exact) mass is 219 g/mol. The third-order valence-electron chi connectivity index (χ3n) is 3.36. The average molecular weight is 219 g/mol. The Morgan fingerprint density at radius 3 is 2.81 bits per heavy atom. The molecule has 1 aromatic heterocycles. The first-order valence-corrected chi connectivity index (χ1v) is 6.31. The topological polar surface area (TPSA) is 37.8 Å². The van der Waals surface area contributed by atoms with E-state index in [4.69, 9.17) is 0 Å². The van der Waals surface area contributed by atoms with E-state index in [1.165, 1.54) is 25.7 Å². The van der Waals surface area contributed by atoms with E-state index >= 15 is 0 Å². The molecule has 88 valence electrons. The maximum absolute atomic E-state index is 4.26. The van der Waals surface area contributed by atoms with Crippen LogP contribution >= 0.6 is 0 Å². The second-order valence-electron chi connectivity index (χ2n) is 5.00. The first-order chi connectivity index (χ1) is 7.75. The van der Waals surface area contributed by atoms with Gasteiger partial charge >= 0.3 is 0 Å². The maximum atomic E-state index is 4.26. The van der Waals surface area contributed by atoms with Crippen LogP contribution in [0.15, 0.2) is 12.4 Å². The van der Waals surface area contributed by atoms with Gasteiger partial charge in [-0.2, -0.15) is 0 Å². The fraction of sp³-hybridized carbons (Fsp3) is 0.692. The van der Waals surface area contributed by atoms with Crippen LogP contribution in [0.25, 0.3) is 0 Å². The summed E-state index contributed by atoms with van der Waals surface area (Å²) >= 11 is 0. The minimum atomic E-state index is 0.468. The SMILES string of the molecule is CC(C)c1cc(NCCC2CCC2)ncn1. The molecule has 1 aliphatic carbocycles. The molecule has 0 amide bonds. The number of rotatable bonds is 5. The minimum Gasteiger partial charge on any atom is -0.370 e. The van der Waals surface area contributed by atoms with Gasteiger partial charge in [0.1, 0.15) is 12.1 Å². The molecule has 3 nitrogen and oxygen atoms in total. The van der Waals surface area contributed by atoms with E-state index in [1.54, 1.807) is 6.33 Å². The molecule has 0 spiro atoms. The van der Waals surface area contributed by atoms with Crippen molar-refractivity contribution in [3.63, 3.8) is 0 Å². The highest BCUT2D eigenvalue weighted by molar-refractivity contribution is 5.35. The van der Waals surface area contributed by atoms with E-state index in [9.17, 15) is 0 Å². The van der Waals surface area contributed by atoms with Gasteiger partial charge in [0.2, 0.25) is 0 Å². The Hall–Kier alpha value is -1.12. The van der Waals surface area contributed by atoms with Gasteiger partial charge in [-0.25, -0.2) is 9.97 Å². The van der Waals surface area contributed by atoms with Crippen LogP contribution in [0.1, 0.15) is 51.1 Å². The van der Waals surface area contributed by atoms with Crippen LogP contribution in [0.2, 0.25) is 0 Å². The van der Waals surface area contributed by atoms with Gasteiger partial charge in [0, 0.05) is 18.3 Å². The summed E-state index contributed by atoms with van der Waals surface area (Å²) < 4.78 is 0. The lowest BCUT2D eigenvalue weighted by molar-refractivity contribution is 0.303. The summed E-state index contributed by atoms with van der Waals surface area (Å²) in [6.07, 6.45) is 7.20. The molecular weight excluding hydrogens is 198 g/mol. The smallest absolute Gasteiger partial charge is 0.129 e. The van der Waals surface area contributed by atoms with Crippen LogP contribution in [-0.2, 0) is 0 Å².